The number of nitrogens with two attached hydrogens (primary N) is 4. The largest absolute Gasteiger partial charge is 0.508 e. The predicted molar refractivity (Wildman–Crippen MR) is 282 cm³/mol. The number of unbranched alkanes of at least 4 members (excludes halogenated alkanes) is 2. The molecular weight excluding hydrogens is 1090 g/mol. The van der Waals surface area contributed by atoms with Crippen LogP contribution in [0.1, 0.15) is 52.4 Å². The average molecular weight is 1170 g/mol. The van der Waals surface area contributed by atoms with Gasteiger partial charge in [0.05, 0.1) is 85.0 Å². The monoisotopic (exact) mass is 1170 g/mol. The van der Waals surface area contributed by atoms with Gasteiger partial charge in [0.25, 0.3) is 0 Å². The third-order valence-electron chi connectivity index (χ3n) is 12.6. The third-order valence-corrected chi connectivity index (χ3v) is 12.6. The smallest absolute Gasteiger partial charge is 0.480 e. The summed E-state index contributed by atoms with van der Waals surface area (Å²) in [4.78, 5) is 112. The second-order valence-electron chi connectivity index (χ2n) is 18.6. The van der Waals surface area contributed by atoms with Gasteiger partial charge in [-0.3, -0.25) is 19.2 Å². The molecule has 0 aromatic rings. The highest BCUT2D eigenvalue weighted by molar-refractivity contribution is 5.87. The summed E-state index contributed by atoms with van der Waals surface area (Å²) in [5, 5.41) is 5.42. The molecule has 4 heterocycles. The molecule has 31 heteroatoms. The van der Waals surface area contributed by atoms with Crippen LogP contribution in [0.25, 0.3) is 0 Å². The number of carbonyl (C=O) groups is 8. The van der Waals surface area contributed by atoms with E-state index in [1.807, 2.05) is 0 Å². The number of rotatable bonds is 38. The van der Waals surface area contributed by atoms with Crippen molar-refractivity contribution in [3.8, 4) is 12.3 Å². The summed E-state index contributed by atoms with van der Waals surface area (Å²) in [5.74, 6) is -2.82. The first-order chi connectivity index (χ1) is 39.3. The maximum absolute atomic E-state index is 13.6. The molecule has 0 bridgehead atoms. The van der Waals surface area contributed by atoms with Crippen LogP contribution in [0.15, 0.2) is 33.7 Å². The summed E-state index contributed by atoms with van der Waals surface area (Å²) in [6, 6.07) is -2.99. The number of nitrogens with zero attached hydrogens (tertiary/aromatic N) is 3. The molecule has 4 aliphatic heterocycles. The fourth-order valence-electron chi connectivity index (χ4n) is 8.67. The molecular formula is C51H77N9O22. The van der Waals surface area contributed by atoms with Gasteiger partial charge in [0.1, 0.15) is 51.3 Å². The highest BCUT2D eigenvalue weighted by atomic mass is 16.8. The fraction of sp³-hybridized carbons (Fsp3) is 0.686. The number of methoxy groups -OCH3 is 2. The SMILES string of the molecule is C#CCOCCOCCOCCOCCC(=O)N(CCCCNC(=O)CO[C@@H]([C@@H]1OC(C(=O)OC)=C[C@H](N=C(N)N)[C@H]1NC(C)=O)[C@H]1COC(=O)O1)CCCCC(=O)CO[C@@H]([C@@H]1OC(C(=O)OC)=C[C@H](N=C(N)N)[C@H]1C)[C@H]1COC(=O)O1. The van der Waals surface area contributed by atoms with E-state index in [0.29, 0.717) is 52.1 Å². The van der Waals surface area contributed by atoms with Crippen LogP contribution in [0.4, 0.5) is 9.59 Å². The molecule has 0 aromatic heterocycles. The Morgan fingerprint density at radius 2 is 1.21 bits per heavy atom. The number of aliphatic imine (C=N–C) groups is 2. The Hall–Kier alpha value is -7.50. The topological polar surface area (TPSA) is 422 Å². The molecule has 3 amide bonds. The van der Waals surface area contributed by atoms with E-state index in [9.17, 15) is 38.4 Å². The van der Waals surface area contributed by atoms with E-state index in [0.717, 1.165) is 14.2 Å². The van der Waals surface area contributed by atoms with E-state index >= 15 is 0 Å². The first-order valence-electron chi connectivity index (χ1n) is 26.4. The summed E-state index contributed by atoms with van der Waals surface area (Å²) < 4.78 is 76.1. The van der Waals surface area contributed by atoms with E-state index < -0.39 is 116 Å². The first-order valence-corrected chi connectivity index (χ1v) is 26.4. The summed E-state index contributed by atoms with van der Waals surface area (Å²) in [5.41, 5.74) is 22.7. The molecule has 31 nitrogen and oxygen atoms in total. The van der Waals surface area contributed by atoms with Crippen LogP contribution in [0.3, 0.4) is 0 Å². The predicted octanol–water partition coefficient (Wildman–Crippen LogP) is -2.28. The first kappa shape index (κ1) is 67.0. The molecule has 0 radical (unpaired) electrons. The number of nitrogens with one attached hydrogen (secondary N) is 2. The lowest BCUT2D eigenvalue weighted by molar-refractivity contribution is -0.156. The van der Waals surface area contributed by atoms with E-state index in [1.165, 1.54) is 19.1 Å². The Balaban J connectivity index is 1.34. The molecule has 0 aromatic carbocycles. The number of hydrogen-bond donors (Lipinski definition) is 6. The number of cyclic esters (lactones) is 4. The maximum Gasteiger partial charge on any atom is 0.508 e. The number of ether oxygens (including phenoxy) is 14. The summed E-state index contributed by atoms with van der Waals surface area (Å²) in [7, 11) is 2.27. The van der Waals surface area contributed by atoms with Crippen LogP contribution in [-0.4, -0.2) is 232 Å². The van der Waals surface area contributed by atoms with Gasteiger partial charge in [-0.15, -0.1) is 6.42 Å². The van der Waals surface area contributed by atoms with Crippen molar-refractivity contribution < 1.29 is 105 Å². The van der Waals surface area contributed by atoms with Crippen LogP contribution >= 0.6 is 0 Å². The molecule has 2 fully saturated rings. The number of ketones is 1. The highest BCUT2D eigenvalue weighted by Gasteiger charge is 2.50. The van der Waals surface area contributed by atoms with Crippen LogP contribution in [0, 0.1) is 18.3 Å². The highest BCUT2D eigenvalue weighted by Crippen LogP contribution is 2.33. The molecule has 4 aliphatic rings. The zero-order valence-corrected chi connectivity index (χ0v) is 46.5. The van der Waals surface area contributed by atoms with Crippen LogP contribution < -0.4 is 33.6 Å². The van der Waals surface area contributed by atoms with Crippen LogP contribution in [-0.2, 0) is 95.1 Å². The van der Waals surface area contributed by atoms with Crippen molar-refractivity contribution in [2.75, 3.05) is 113 Å². The van der Waals surface area contributed by atoms with Crippen LogP contribution in [0.5, 0.6) is 0 Å². The normalized spacial score (nSPS) is 22.5. The molecule has 458 valence electrons. The lowest BCUT2D eigenvalue weighted by Gasteiger charge is -2.40. The van der Waals surface area contributed by atoms with Gasteiger partial charge in [-0.05, 0) is 37.8 Å². The maximum atomic E-state index is 13.6. The van der Waals surface area contributed by atoms with Gasteiger partial charge in [0, 0.05) is 38.9 Å². The Kier molecular flexibility index (Phi) is 29.5. The van der Waals surface area contributed by atoms with Gasteiger partial charge < -0.3 is 105 Å². The van der Waals surface area contributed by atoms with E-state index in [2.05, 4.69) is 26.5 Å². The van der Waals surface area contributed by atoms with E-state index in [4.69, 9.17) is 95.7 Å². The molecule has 10 N–H and O–H groups in total. The lowest BCUT2D eigenvalue weighted by atomic mass is 9.87. The molecule has 10 atom stereocenters. The molecule has 0 unspecified atom stereocenters. The zero-order valence-electron chi connectivity index (χ0n) is 46.5. The molecule has 0 saturated carbocycles. The lowest BCUT2D eigenvalue weighted by Crippen LogP contribution is -2.60. The second kappa shape index (κ2) is 36.1. The van der Waals surface area contributed by atoms with Crippen molar-refractivity contribution >= 4 is 59.7 Å². The number of terminal acetylenes is 1. The standard InChI is InChI=1S/C51H77N9O22/c1-6-16-71-18-20-73-22-23-74-21-19-72-17-12-40(64)60(14-9-7-11-32(62)26-75-43(37-27-77-50(67)81-37)42-30(2)33(58-48(52)53)24-35(79-42)46(65)69-4)15-10-8-13-56-39(63)29-76-44(38-28-78-51(68)82-38)45-41(57-31(3)61)34(59-49(54)55)25-36(80-45)47(66)70-5/h1,24-25,30,33-34,37-38,41-45H,7-23,26-29H2,2-5H3,(H,56,63)(H,57,61)(H4,52,53,58)(H4,54,55,59)/t30-,33+,34+,37-,38-,41-,42-,43-,44-,45-/m1/s1. The van der Waals surface area contributed by atoms with E-state index in [-0.39, 0.29) is 101 Å². The Morgan fingerprint density at radius 3 is 1.74 bits per heavy atom. The van der Waals surface area contributed by atoms with Crippen molar-refractivity contribution in [3.63, 3.8) is 0 Å². The molecule has 4 rings (SSSR count). The van der Waals surface area contributed by atoms with Gasteiger partial charge >= 0.3 is 24.2 Å². The van der Waals surface area contributed by atoms with Crippen LogP contribution in [0.2, 0.25) is 0 Å². The number of hydrogen-bond acceptors (Lipinski definition) is 24. The van der Waals surface area contributed by atoms with Crippen molar-refractivity contribution in [1.29, 1.82) is 0 Å². The van der Waals surface area contributed by atoms with E-state index in [1.54, 1.807) is 11.8 Å². The van der Waals surface area contributed by atoms with Gasteiger partial charge in [-0.2, -0.15) is 0 Å². The molecule has 0 spiro atoms. The zero-order chi connectivity index (χ0) is 60.0. The number of carbonyl (C=O) groups excluding carboxylic acids is 8. The van der Waals surface area contributed by atoms with Gasteiger partial charge in [-0.25, -0.2) is 29.2 Å². The minimum atomic E-state index is -1.34. The number of amides is 3. The number of Topliss-reactive ketones (excluding diaryl/α,β-unsaturated/α-hetero) is 1. The molecule has 0 aliphatic carbocycles. The number of esters is 2. The summed E-state index contributed by atoms with van der Waals surface area (Å²) in [6.45, 7) is 4.22. The minimum Gasteiger partial charge on any atom is -0.480 e. The second-order valence-corrected chi connectivity index (χ2v) is 18.6. The van der Waals surface area contributed by atoms with Crippen molar-refractivity contribution in [3.05, 3.63) is 23.7 Å². The average Bonchev–Trinajstić information content (AvgIpc) is 4.21. The third kappa shape index (κ3) is 23.2. The summed E-state index contributed by atoms with van der Waals surface area (Å²) in [6.07, 6.45) is 0.449. The van der Waals surface area contributed by atoms with Crippen molar-refractivity contribution in [2.24, 2.45) is 38.8 Å². The Bertz CT molecular complexity index is 2300. The molecule has 82 heavy (non-hydrogen) atoms. The Morgan fingerprint density at radius 1 is 0.695 bits per heavy atom. The summed E-state index contributed by atoms with van der Waals surface area (Å²) >= 11 is 0. The van der Waals surface area contributed by atoms with Crippen molar-refractivity contribution in [2.45, 2.75) is 107 Å². The van der Waals surface area contributed by atoms with Gasteiger partial charge in [0.15, 0.2) is 36.0 Å². The van der Waals surface area contributed by atoms with Gasteiger partial charge in [0.2, 0.25) is 29.2 Å². The molecule has 2 saturated heterocycles. The fourth-order valence-corrected chi connectivity index (χ4v) is 8.67. The van der Waals surface area contributed by atoms with Gasteiger partial charge in [-0.1, -0.05) is 12.8 Å². The quantitative estimate of drug-likeness (QED) is 0.00947. The van der Waals surface area contributed by atoms with Crippen molar-refractivity contribution in [1.82, 2.24) is 15.5 Å². The Labute approximate surface area is 473 Å². The number of guanidine groups is 2. The minimum absolute atomic E-state index is 0.0384.